The topological polar surface area (TPSA) is 26.3 Å². The lowest BCUT2D eigenvalue weighted by atomic mass is 9.48. The third-order valence-corrected chi connectivity index (χ3v) is 6.22. The summed E-state index contributed by atoms with van der Waals surface area (Å²) in [6.45, 7) is 1.62. The third-order valence-electron chi connectivity index (χ3n) is 6.22. The summed E-state index contributed by atoms with van der Waals surface area (Å²) in [6, 6.07) is 6.14. The fourth-order valence-electron chi connectivity index (χ4n) is 5.79. The Morgan fingerprint density at radius 2 is 1.67 bits per heavy atom. The Balaban J connectivity index is 1.77. The molecule has 4 aliphatic carbocycles. The number of Topliss-reactive ketones (excluding diaryl/α,β-unsaturated/α-hetero) is 1. The second kappa shape index (κ2) is 4.59. The van der Waals surface area contributed by atoms with Crippen LogP contribution in [-0.2, 0) is 5.41 Å². The van der Waals surface area contributed by atoms with E-state index in [-0.39, 0.29) is 5.78 Å². The van der Waals surface area contributed by atoms with Crippen molar-refractivity contribution in [2.45, 2.75) is 50.9 Å². The molecular formula is C19H24O2. The monoisotopic (exact) mass is 284 g/mol. The summed E-state index contributed by atoms with van der Waals surface area (Å²) in [5.41, 5.74) is 2.46. The first-order valence-corrected chi connectivity index (χ1v) is 8.29. The van der Waals surface area contributed by atoms with Crippen LogP contribution in [0.2, 0.25) is 0 Å². The van der Waals surface area contributed by atoms with Crippen molar-refractivity contribution in [3.8, 4) is 5.75 Å². The third kappa shape index (κ3) is 2.03. The van der Waals surface area contributed by atoms with Gasteiger partial charge in [-0.15, -0.1) is 0 Å². The van der Waals surface area contributed by atoms with Crippen molar-refractivity contribution < 1.29 is 9.53 Å². The predicted molar refractivity (Wildman–Crippen MR) is 82.8 cm³/mol. The lowest BCUT2D eigenvalue weighted by Crippen LogP contribution is -2.48. The number of carbonyl (C=O) groups is 1. The normalized spacial score (nSPS) is 36.8. The Morgan fingerprint density at radius 1 is 1.10 bits per heavy atom. The minimum Gasteiger partial charge on any atom is -0.496 e. The van der Waals surface area contributed by atoms with Crippen LogP contribution >= 0.6 is 0 Å². The van der Waals surface area contributed by atoms with E-state index in [4.69, 9.17) is 4.74 Å². The van der Waals surface area contributed by atoms with E-state index < -0.39 is 0 Å². The molecule has 4 fully saturated rings. The maximum Gasteiger partial charge on any atom is 0.159 e. The molecule has 0 saturated heterocycles. The maximum atomic E-state index is 11.6. The van der Waals surface area contributed by atoms with Gasteiger partial charge in [-0.25, -0.2) is 0 Å². The molecule has 0 spiro atoms. The lowest BCUT2D eigenvalue weighted by Gasteiger charge is -2.57. The predicted octanol–water partition coefficient (Wildman–Crippen LogP) is 4.37. The van der Waals surface area contributed by atoms with Crippen molar-refractivity contribution in [2.24, 2.45) is 17.8 Å². The molecule has 0 amide bonds. The number of hydrogen-bond donors (Lipinski definition) is 0. The van der Waals surface area contributed by atoms with Crippen LogP contribution in [0.1, 0.15) is 61.4 Å². The van der Waals surface area contributed by atoms with E-state index in [9.17, 15) is 4.79 Å². The van der Waals surface area contributed by atoms with Gasteiger partial charge < -0.3 is 4.74 Å². The number of ether oxygens (including phenoxy) is 1. The van der Waals surface area contributed by atoms with E-state index in [2.05, 4.69) is 6.07 Å². The minimum atomic E-state index is 0.116. The molecule has 4 saturated carbocycles. The van der Waals surface area contributed by atoms with Gasteiger partial charge in [0.05, 0.1) is 7.11 Å². The van der Waals surface area contributed by atoms with Crippen molar-refractivity contribution in [2.75, 3.05) is 7.11 Å². The summed E-state index contributed by atoms with van der Waals surface area (Å²) in [7, 11) is 1.74. The molecule has 0 aliphatic heterocycles. The maximum absolute atomic E-state index is 11.6. The van der Waals surface area contributed by atoms with Crippen molar-refractivity contribution in [3.63, 3.8) is 0 Å². The van der Waals surface area contributed by atoms with Gasteiger partial charge in [0.1, 0.15) is 5.75 Å². The van der Waals surface area contributed by atoms with Crippen LogP contribution < -0.4 is 4.74 Å². The molecule has 2 heteroatoms. The number of rotatable bonds is 3. The first-order valence-electron chi connectivity index (χ1n) is 8.29. The second-order valence-corrected chi connectivity index (χ2v) is 7.67. The van der Waals surface area contributed by atoms with Gasteiger partial charge in [-0.05, 0) is 74.7 Å². The SMILES string of the molecule is COc1cc(C(C)=O)ccc1C12CC3CC(CC(C3)C1)C2. The number of hydrogen-bond acceptors (Lipinski definition) is 2. The van der Waals surface area contributed by atoms with Crippen LogP contribution in [0.4, 0.5) is 0 Å². The number of benzene rings is 1. The van der Waals surface area contributed by atoms with Gasteiger partial charge in [0.25, 0.3) is 0 Å². The highest BCUT2D eigenvalue weighted by atomic mass is 16.5. The van der Waals surface area contributed by atoms with E-state index in [1.54, 1.807) is 14.0 Å². The number of ketones is 1. The summed E-state index contributed by atoms with van der Waals surface area (Å²) in [5, 5.41) is 0. The van der Waals surface area contributed by atoms with Gasteiger partial charge in [-0.3, -0.25) is 4.79 Å². The first-order chi connectivity index (χ1) is 10.1. The molecule has 0 unspecified atom stereocenters. The summed E-state index contributed by atoms with van der Waals surface area (Å²) in [6.07, 6.45) is 8.34. The molecule has 0 aromatic heterocycles. The molecule has 112 valence electrons. The lowest BCUT2D eigenvalue weighted by molar-refractivity contribution is -0.00616. The Hall–Kier alpha value is -1.31. The van der Waals surface area contributed by atoms with Crippen LogP contribution in [0.5, 0.6) is 5.75 Å². The molecule has 4 bridgehead atoms. The highest BCUT2D eigenvalue weighted by Crippen LogP contribution is 2.61. The standard InChI is InChI=1S/C19H24O2/c1-12(20)16-3-4-17(18(8-16)21-2)19-9-13-5-14(10-19)7-15(6-13)11-19/h3-4,8,13-15H,5-7,9-11H2,1-2H3. The van der Waals surface area contributed by atoms with E-state index in [1.165, 1.54) is 44.1 Å². The summed E-state index contributed by atoms with van der Waals surface area (Å²) < 4.78 is 5.67. The van der Waals surface area contributed by atoms with Crippen molar-refractivity contribution in [1.29, 1.82) is 0 Å². The zero-order valence-electron chi connectivity index (χ0n) is 13.0. The molecule has 0 N–H and O–H groups in total. The smallest absolute Gasteiger partial charge is 0.159 e. The molecule has 21 heavy (non-hydrogen) atoms. The van der Waals surface area contributed by atoms with Crippen LogP contribution in [0.25, 0.3) is 0 Å². The molecule has 0 radical (unpaired) electrons. The van der Waals surface area contributed by atoms with Crippen LogP contribution in [0.3, 0.4) is 0 Å². The summed E-state index contributed by atoms with van der Waals surface area (Å²) >= 11 is 0. The average molecular weight is 284 g/mol. The highest BCUT2D eigenvalue weighted by Gasteiger charge is 2.52. The second-order valence-electron chi connectivity index (χ2n) is 7.67. The Morgan fingerprint density at radius 3 is 2.14 bits per heavy atom. The van der Waals surface area contributed by atoms with E-state index in [0.717, 1.165) is 29.1 Å². The fourth-order valence-corrected chi connectivity index (χ4v) is 5.79. The summed E-state index contributed by atoms with van der Waals surface area (Å²) in [4.78, 5) is 11.6. The Labute approximate surface area is 126 Å². The van der Waals surface area contributed by atoms with Gasteiger partial charge in [-0.1, -0.05) is 12.1 Å². The van der Waals surface area contributed by atoms with Crippen LogP contribution in [0.15, 0.2) is 18.2 Å². The van der Waals surface area contributed by atoms with Crippen LogP contribution in [-0.4, -0.2) is 12.9 Å². The van der Waals surface area contributed by atoms with Gasteiger partial charge in [-0.2, -0.15) is 0 Å². The van der Waals surface area contributed by atoms with Crippen molar-refractivity contribution in [3.05, 3.63) is 29.3 Å². The van der Waals surface area contributed by atoms with Crippen molar-refractivity contribution in [1.82, 2.24) is 0 Å². The molecule has 0 heterocycles. The van der Waals surface area contributed by atoms with Gasteiger partial charge in [0.15, 0.2) is 5.78 Å². The molecule has 5 rings (SSSR count). The Bertz CT molecular complexity index is 552. The van der Waals surface area contributed by atoms with Gasteiger partial charge >= 0.3 is 0 Å². The number of carbonyl (C=O) groups excluding carboxylic acids is 1. The number of methoxy groups -OCH3 is 1. The fraction of sp³-hybridized carbons (Fsp3) is 0.632. The quantitative estimate of drug-likeness (QED) is 0.771. The van der Waals surface area contributed by atoms with Crippen LogP contribution in [0, 0.1) is 17.8 Å². The van der Waals surface area contributed by atoms with E-state index in [1.807, 2.05) is 12.1 Å². The van der Waals surface area contributed by atoms with E-state index in [0.29, 0.717) is 5.41 Å². The average Bonchev–Trinajstić information content (AvgIpc) is 2.45. The van der Waals surface area contributed by atoms with E-state index >= 15 is 0 Å². The molecule has 2 nitrogen and oxygen atoms in total. The molecule has 0 atom stereocenters. The van der Waals surface area contributed by atoms with Gasteiger partial charge in [0.2, 0.25) is 0 Å². The molecular weight excluding hydrogens is 260 g/mol. The minimum absolute atomic E-state index is 0.116. The Kier molecular flexibility index (Phi) is 2.92. The molecule has 4 aliphatic rings. The largest absolute Gasteiger partial charge is 0.496 e. The van der Waals surface area contributed by atoms with Gasteiger partial charge in [0, 0.05) is 11.1 Å². The molecule has 1 aromatic rings. The zero-order valence-corrected chi connectivity index (χ0v) is 13.0. The first kappa shape index (κ1) is 13.4. The zero-order chi connectivity index (χ0) is 14.6. The molecule has 1 aromatic carbocycles. The summed E-state index contributed by atoms with van der Waals surface area (Å²) in [5.74, 6) is 3.82. The highest BCUT2D eigenvalue weighted by molar-refractivity contribution is 5.94. The van der Waals surface area contributed by atoms with Crippen molar-refractivity contribution >= 4 is 5.78 Å².